The third-order valence-electron chi connectivity index (χ3n) is 2.79. The van der Waals surface area contributed by atoms with E-state index in [0.717, 1.165) is 19.3 Å². The number of hydrogen-bond acceptors (Lipinski definition) is 2. The molecule has 0 bridgehead atoms. The molecule has 0 saturated heterocycles. The van der Waals surface area contributed by atoms with Crippen LogP contribution >= 0.6 is 0 Å². The van der Waals surface area contributed by atoms with E-state index in [-0.39, 0.29) is 11.9 Å². The van der Waals surface area contributed by atoms with Gasteiger partial charge in [0.15, 0.2) is 13.2 Å². The lowest BCUT2D eigenvalue weighted by molar-refractivity contribution is -0.727. The number of hydrogen-bond donors (Lipinski definition) is 1. The Balaban J connectivity index is 2.16. The van der Waals surface area contributed by atoms with Gasteiger partial charge in [0.1, 0.15) is 0 Å². The summed E-state index contributed by atoms with van der Waals surface area (Å²) in [6.07, 6.45) is 4.68. The molecule has 0 spiro atoms. The van der Waals surface area contributed by atoms with Crippen LogP contribution in [-0.4, -0.2) is 18.2 Å². The van der Waals surface area contributed by atoms with E-state index in [1.807, 2.05) is 17.9 Å². The lowest BCUT2D eigenvalue weighted by atomic mass is 9.88. The van der Waals surface area contributed by atoms with Crippen LogP contribution in [0.15, 0.2) is 6.20 Å². The van der Waals surface area contributed by atoms with Gasteiger partial charge in [-0.15, -0.1) is 4.68 Å². The quantitative estimate of drug-likeness (QED) is 0.511. The van der Waals surface area contributed by atoms with Gasteiger partial charge in [0, 0.05) is 5.56 Å². The molecule has 0 fully saturated rings. The van der Waals surface area contributed by atoms with Crippen LogP contribution in [0.1, 0.15) is 17.7 Å². The molecule has 0 aromatic carbocycles. The van der Waals surface area contributed by atoms with Crippen molar-refractivity contribution >= 4 is 5.97 Å². The number of H-pyrrole nitrogens is 1. The van der Waals surface area contributed by atoms with Gasteiger partial charge in [-0.3, -0.25) is 4.79 Å². The van der Waals surface area contributed by atoms with Crippen LogP contribution in [0.25, 0.3) is 0 Å². The number of carbonyl (C=O) groups excluding carboxylic acids is 1. The number of esters is 1. The van der Waals surface area contributed by atoms with E-state index in [4.69, 9.17) is 4.74 Å². The minimum Gasteiger partial charge on any atom is -0.469 e. The van der Waals surface area contributed by atoms with Crippen LogP contribution in [-0.2, 0) is 29.4 Å². The predicted octanol–water partition coefficient (Wildman–Crippen LogP) is 0.117. The van der Waals surface area contributed by atoms with Crippen molar-refractivity contribution in [1.82, 2.24) is 5.10 Å². The fraction of sp³-hybridized carbons (Fsp3) is 0.600. The van der Waals surface area contributed by atoms with Gasteiger partial charge in [-0.05, 0) is 19.3 Å². The Bertz CT molecular complexity index is 357. The normalized spacial score (nSPS) is 20.3. The van der Waals surface area contributed by atoms with Crippen LogP contribution in [0.5, 0.6) is 0 Å². The highest BCUT2D eigenvalue weighted by atomic mass is 16.5. The van der Waals surface area contributed by atoms with Crippen molar-refractivity contribution in [1.29, 1.82) is 0 Å². The molecule has 1 N–H and O–H groups in total. The molecule has 1 heterocycles. The molecule has 2 rings (SSSR count). The maximum atomic E-state index is 11.3. The molecular formula is C10H15N2O2+. The van der Waals surface area contributed by atoms with Crippen molar-refractivity contribution in [3.8, 4) is 0 Å². The maximum Gasteiger partial charge on any atom is 0.309 e. The van der Waals surface area contributed by atoms with Crippen LogP contribution in [0.2, 0.25) is 0 Å². The molecule has 4 heteroatoms. The van der Waals surface area contributed by atoms with Gasteiger partial charge in [0.25, 0.3) is 0 Å². The van der Waals surface area contributed by atoms with Gasteiger partial charge in [0.2, 0.25) is 0 Å². The van der Waals surface area contributed by atoms with Crippen molar-refractivity contribution in [3.05, 3.63) is 17.5 Å². The second-order valence-corrected chi connectivity index (χ2v) is 3.82. The first kappa shape index (κ1) is 9.24. The molecule has 1 aliphatic carbocycles. The van der Waals surface area contributed by atoms with Crippen LogP contribution < -0.4 is 4.68 Å². The second-order valence-electron chi connectivity index (χ2n) is 3.82. The summed E-state index contributed by atoms with van der Waals surface area (Å²) in [5, 5.41) is 3.24. The molecule has 14 heavy (non-hydrogen) atoms. The molecule has 1 atom stereocenters. The first-order valence-electron chi connectivity index (χ1n) is 4.85. The summed E-state index contributed by atoms with van der Waals surface area (Å²) in [4.78, 5) is 11.3. The highest BCUT2D eigenvalue weighted by Gasteiger charge is 2.28. The molecule has 1 unspecified atom stereocenters. The average Bonchev–Trinajstić information content (AvgIpc) is 2.55. The zero-order valence-corrected chi connectivity index (χ0v) is 8.54. The number of aryl methyl sites for hydroxylation is 2. The van der Waals surface area contributed by atoms with Gasteiger partial charge in [0.05, 0.1) is 18.7 Å². The number of nitrogens with zero attached hydrogens (tertiary/aromatic N) is 1. The van der Waals surface area contributed by atoms with E-state index in [0.29, 0.717) is 0 Å². The number of carbonyl (C=O) groups is 1. The molecule has 0 amide bonds. The highest BCUT2D eigenvalue weighted by molar-refractivity contribution is 5.73. The van der Waals surface area contributed by atoms with E-state index >= 15 is 0 Å². The SMILES string of the molecule is COC(=O)C1CCc2[nH][n+](C)cc2C1. The molecule has 76 valence electrons. The number of aromatic nitrogens is 2. The highest BCUT2D eigenvalue weighted by Crippen LogP contribution is 2.23. The summed E-state index contributed by atoms with van der Waals surface area (Å²) < 4.78 is 6.69. The van der Waals surface area contributed by atoms with Crippen LogP contribution in [0.3, 0.4) is 0 Å². The molecule has 1 aliphatic rings. The van der Waals surface area contributed by atoms with Gasteiger partial charge in [-0.1, -0.05) is 0 Å². The van der Waals surface area contributed by atoms with Crippen molar-refractivity contribution in [2.75, 3.05) is 7.11 Å². The number of methoxy groups -OCH3 is 1. The third-order valence-corrected chi connectivity index (χ3v) is 2.79. The molecule has 1 aromatic heterocycles. The van der Waals surface area contributed by atoms with E-state index in [1.54, 1.807) is 0 Å². The number of rotatable bonds is 1. The monoisotopic (exact) mass is 195 g/mol. The third kappa shape index (κ3) is 1.52. The first-order valence-corrected chi connectivity index (χ1v) is 4.85. The summed E-state index contributed by atoms with van der Waals surface area (Å²) in [5.74, 6) is -0.0391. The number of ether oxygens (including phenoxy) is 1. The van der Waals surface area contributed by atoms with Crippen molar-refractivity contribution in [2.24, 2.45) is 13.0 Å². The lowest BCUT2D eigenvalue weighted by Crippen LogP contribution is -2.28. The van der Waals surface area contributed by atoms with Crippen molar-refractivity contribution < 1.29 is 14.2 Å². The zero-order chi connectivity index (χ0) is 10.1. The van der Waals surface area contributed by atoms with Crippen LogP contribution in [0.4, 0.5) is 0 Å². The summed E-state index contributed by atoms with van der Waals surface area (Å²) >= 11 is 0. The van der Waals surface area contributed by atoms with E-state index in [2.05, 4.69) is 5.10 Å². The summed E-state index contributed by atoms with van der Waals surface area (Å²) in [5.41, 5.74) is 2.50. The van der Waals surface area contributed by atoms with Crippen LogP contribution in [0, 0.1) is 5.92 Å². The molecule has 0 aliphatic heterocycles. The largest absolute Gasteiger partial charge is 0.469 e. The molecule has 0 saturated carbocycles. The number of aromatic amines is 1. The van der Waals surface area contributed by atoms with Gasteiger partial charge in [-0.2, -0.15) is 5.10 Å². The molecule has 1 aromatic rings. The minimum atomic E-state index is -0.0838. The van der Waals surface area contributed by atoms with Gasteiger partial charge in [-0.25, -0.2) is 0 Å². The zero-order valence-electron chi connectivity index (χ0n) is 8.54. The van der Waals surface area contributed by atoms with E-state index < -0.39 is 0 Å². The average molecular weight is 195 g/mol. The Morgan fingerprint density at radius 1 is 1.71 bits per heavy atom. The fourth-order valence-corrected chi connectivity index (χ4v) is 2.07. The first-order chi connectivity index (χ1) is 6.70. The number of fused-ring (bicyclic) bond motifs is 1. The Labute approximate surface area is 82.9 Å². The number of nitrogens with one attached hydrogen (secondary N) is 1. The summed E-state index contributed by atoms with van der Waals surface area (Å²) in [7, 11) is 3.42. The summed E-state index contributed by atoms with van der Waals surface area (Å²) in [6, 6.07) is 0. The molecular weight excluding hydrogens is 180 g/mol. The Morgan fingerprint density at radius 2 is 2.50 bits per heavy atom. The minimum absolute atomic E-state index is 0.0447. The Hall–Kier alpha value is -1.32. The summed E-state index contributed by atoms with van der Waals surface area (Å²) in [6.45, 7) is 0. The van der Waals surface area contributed by atoms with E-state index in [9.17, 15) is 4.79 Å². The fourth-order valence-electron chi connectivity index (χ4n) is 2.07. The Kier molecular flexibility index (Phi) is 2.27. The lowest BCUT2D eigenvalue weighted by Gasteiger charge is -2.17. The molecule has 0 radical (unpaired) electrons. The smallest absolute Gasteiger partial charge is 0.309 e. The standard InChI is InChI=1S/C10H14N2O2/c1-12-6-8-5-7(10(13)14-2)3-4-9(8)11-12/h6-7H,3-5H2,1-2H3/p+1. The maximum absolute atomic E-state index is 11.3. The van der Waals surface area contributed by atoms with Gasteiger partial charge < -0.3 is 4.74 Å². The van der Waals surface area contributed by atoms with Gasteiger partial charge >= 0.3 is 5.97 Å². The van der Waals surface area contributed by atoms with Crippen molar-refractivity contribution in [3.63, 3.8) is 0 Å². The van der Waals surface area contributed by atoms with Crippen molar-refractivity contribution in [2.45, 2.75) is 19.3 Å². The predicted molar refractivity (Wildman–Crippen MR) is 49.5 cm³/mol. The Morgan fingerprint density at radius 3 is 3.21 bits per heavy atom. The second kappa shape index (κ2) is 3.44. The van der Waals surface area contributed by atoms with E-state index in [1.165, 1.54) is 18.4 Å². The topological polar surface area (TPSA) is 46.0 Å². The molecule has 4 nitrogen and oxygen atoms in total.